The fraction of sp³-hybridized carbons (Fsp3) is 0.842. The Labute approximate surface area is 293 Å². The van der Waals surface area contributed by atoms with Gasteiger partial charge in [-0.25, -0.2) is 4.57 Å². The summed E-state index contributed by atoms with van der Waals surface area (Å²) in [5, 5.41) is 12.6. The zero-order valence-electron chi connectivity index (χ0n) is 30.7. The number of carbonyl (C=O) groups excluding carboxylic acids is 2. The monoisotopic (exact) mass is 701 g/mol. The molecule has 0 aliphatic carbocycles. The summed E-state index contributed by atoms with van der Waals surface area (Å²) in [4.78, 5) is 33.7. The average Bonchev–Trinajstić information content (AvgIpc) is 3.07. The Balaban J connectivity index is 3.63. The maximum absolute atomic E-state index is 12.0. The molecule has 0 fully saturated rings. The van der Waals surface area contributed by atoms with Gasteiger partial charge in [0.25, 0.3) is 0 Å². The fourth-order valence-electron chi connectivity index (χ4n) is 5.12. The zero-order valence-corrected chi connectivity index (χ0v) is 31.6. The summed E-state index contributed by atoms with van der Waals surface area (Å²) < 4.78 is 26.7. The zero-order chi connectivity index (χ0) is 35.4. The number of hydrogen-bond acceptors (Lipinski definition) is 7. The van der Waals surface area contributed by atoms with Crippen molar-refractivity contribution >= 4 is 19.7 Å². The lowest BCUT2D eigenvalue weighted by Gasteiger charge is -2.15. The van der Waals surface area contributed by atoms with Gasteiger partial charge in [0.15, 0.2) is 0 Å². The second-order valence-corrected chi connectivity index (χ2v) is 14.3. The van der Waals surface area contributed by atoms with E-state index in [9.17, 15) is 24.2 Å². The lowest BCUT2D eigenvalue weighted by atomic mass is 10.1. The van der Waals surface area contributed by atoms with E-state index in [2.05, 4.69) is 43.5 Å². The van der Waals surface area contributed by atoms with Crippen molar-refractivity contribution in [2.24, 2.45) is 0 Å². The topological polar surface area (TPSA) is 131 Å². The molecule has 0 saturated heterocycles. The number of ether oxygens (including phenoxy) is 1. The van der Waals surface area contributed by atoms with E-state index in [-0.39, 0.29) is 32.1 Å². The van der Waals surface area contributed by atoms with Gasteiger partial charge in [-0.3, -0.25) is 18.6 Å². The highest BCUT2D eigenvalue weighted by molar-refractivity contribution is 7.47. The third kappa shape index (κ3) is 35.8. The summed E-state index contributed by atoms with van der Waals surface area (Å²) >= 11 is 0. The van der Waals surface area contributed by atoms with E-state index in [1.54, 1.807) is 0 Å². The van der Waals surface area contributed by atoms with Crippen LogP contribution >= 0.6 is 7.82 Å². The summed E-state index contributed by atoms with van der Waals surface area (Å²) in [6, 6.07) is 0. The van der Waals surface area contributed by atoms with Crippen molar-refractivity contribution in [3.05, 3.63) is 24.3 Å². The summed E-state index contributed by atoms with van der Waals surface area (Å²) in [5.74, 6) is -0.535. The van der Waals surface area contributed by atoms with Gasteiger partial charge in [-0.1, -0.05) is 128 Å². The molecular weight excluding hydrogens is 629 g/mol. The molecule has 0 saturated carbocycles. The lowest BCUT2D eigenvalue weighted by Crippen LogP contribution is -2.27. The average molecular weight is 702 g/mol. The normalized spacial score (nSPS) is 13.7. The number of allylic oxidation sites excluding steroid dienone is 4. The van der Waals surface area contributed by atoms with E-state index in [4.69, 9.17) is 13.8 Å². The molecule has 2 unspecified atom stereocenters. The van der Waals surface area contributed by atoms with E-state index in [0.717, 1.165) is 70.6 Å². The molecule has 9 nitrogen and oxygen atoms in total. The number of nitrogens with one attached hydrogen (secondary N) is 1. The molecule has 0 heterocycles. The number of aliphatic hydroxyl groups is 1. The molecule has 282 valence electrons. The van der Waals surface area contributed by atoms with Crippen LogP contribution in [-0.2, 0) is 27.9 Å². The van der Waals surface area contributed by atoms with Gasteiger partial charge in [0, 0.05) is 19.4 Å². The first-order valence-corrected chi connectivity index (χ1v) is 20.8. The fourth-order valence-corrected chi connectivity index (χ4v) is 5.88. The maximum atomic E-state index is 12.0. The number of unbranched alkanes of at least 4 members (excludes halogenated alkanes) is 19. The molecule has 0 rings (SSSR count). The smallest absolute Gasteiger partial charge is 0.463 e. The van der Waals surface area contributed by atoms with Crippen molar-refractivity contribution in [3.63, 3.8) is 0 Å². The molecule has 2 atom stereocenters. The number of carbonyl (C=O) groups is 2. The van der Waals surface area contributed by atoms with Gasteiger partial charge in [0.2, 0.25) is 5.91 Å². The van der Waals surface area contributed by atoms with Crippen LogP contribution in [0.15, 0.2) is 24.3 Å². The minimum Gasteiger partial charge on any atom is -0.463 e. The minimum atomic E-state index is -4.41. The summed E-state index contributed by atoms with van der Waals surface area (Å²) in [7, 11) is -4.41. The van der Waals surface area contributed by atoms with E-state index in [0.29, 0.717) is 6.42 Å². The molecule has 0 radical (unpaired) electrons. The van der Waals surface area contributed by atoms with Crippen LogP contribution in [0.3, 0.4) is 0 Å². The van der Waals surface area contributed by atoms with Crippen LogP contribution in [0.4, 0.5) is 0 Å². The third-order valence-electron chi connectivity index (χ3n) is 8.10. The molecular formula is C38H72NO8P. The van der Waals surface area contributed by atoms with Crippen LogP contribution in [0, 0.1) is 0 Å². The van der Waals surface area contributed by atoms with Crippen LogP contribution in [0.1, 0.15) is 174 Å². The molecule has 0 aliphatic heterocycles. The standard InChI is InChI=1S/C38H72NO8P/c1-3-5-7-9-11-13-15-16-17-18-19-21-23-25-27-29-31-38(42)45-34-36(40)35-47-48(43,44)46-33-32-39-37(41)30-28-26-24-22-20-14-12-10-8-6-4-2/h10,12,17-18,36,40H,3-9,11,13-16,19-35H2,1-2H3,(H,39,41)(H,43,44)/b12-10-,18-17-. The first kappa shape index (κ1) is 46.5. The van der Waals surface area contributed by atoms with Crippen LogP contribution < -0.4 is 5.32 Å². The van der Waals surface area contributed by atoms with Crippen LogP contribution in [0.2, 0.25) is 0 Å². The molecule has 0 aromatic carbocycles. The third-order valence-corrected chi connectivity index (χ3v) is 9.09. The van der Waals surface area contributed by atoms with Gasteiger partial charge in [0.05, 0.1) is 13.2 Å². The first-order chi connectivity index (χ1) is 23.3. The number of hydrogen-bond donors (Lipinski definition) is 3. The number of phosphoric ester groups is 1. The molecule has 3 N–H and O–H groups in total. The molecule has 10 heteroatoms. The lowest BCUT2D eigenvalue weighted by molar-refractivity contribution is -0.147. The first-order valence-electron chi connectivity index (χ1n) is 19.3. The largest absolute Gasteiger partial charge is 0.472 e. The molecule has 0 aromatic heterocycles. The van der Waals surface area contributed by atoms with Crippen molar-refractivity contribution in [1.82, 2.24) is 5.32 Å². The summed E-state index contributed by atoms with van der Waals surface area (Å²) in [5.41, 5.74) is 0. The van der Waals surface area contributed by atoms with Gasteiger partial charge in [0.1, 0.15) is 12.7 Å². The predicted molar refractivity (Wildman–Crippen MR) is 197 cm³/mol. The summed E-state index contributed by atoms with van der Waals surface area (Å²) in [6.45, 7) is 3.48. The number of aliphatic hydroxyl groups excluding tert-OH is 1. The minimum absolute atomic E-state index is 0.0771. The molecule has 1 amide bonds. The van der Waals surface area contributed by atoms with Crippen LogP contribution in [-0.4, -0.2) is 54.3 Å². The van der Waals surface area contributed by atoms with Crippen molar-refractivity contribution < 1.29 is 37.9 Å². The molecule has 0 aliphatic rings. The van der Waals surface area contributed by atoms with Crippen molar-refractivity contribution in [1.29, 1.82) is 0 Å². The highest BCUT2D eigenvalue weighted by Crippen LogP contribution is 2.42. The molecule has 0 bridgehead atoms. The molecule has 0 spiro atoms. The number of rotatable bonds is 36. The Morgan fingerprint density at radius 1 is 0.625 bits per heavy atom. The van der Waals surface area contributed by atoms with Crippen molar-refractivity contribution in [2.45, 2.75) is 180 Å². The van der Waals surface area contributed by atoms with Gasteiger partial charge < -0.3 is 20.1 Å². The quantitative estimate of drug-likeness (QED) is 0.0255. The Hall–Kier alpha value is -1.51. The van der Waals surface area contributed by atoms with Gasteiger partial charge in [-0.05, 0) is 57.8 Å². The van der Waals surface area contributed by atoms with Crippen molar-refractivity contribution in [2.75, 3.05) is 26.4 Å². The Morgan fingerprint density at radius 2 is 1.08 bits per heavy atom. The Bertz CT molecular complexity index is 851. The summed E-state index contributed by atoms with van der Waals surface area (Å²) in [6.07, 6.45) is 35.3. The van der Waals surface area contributed by atoms with Crippen LogP contribution in [0.25, 0.3) is 0 Å². The van der Waals surface area contributed by atoms with Crippen molar-refractivity contribution in [3.8, 4) is 0 Å². The van der Waals surface area contributed by atoms with E-state index in [1.807, 2.05) is 0 Å². The van der Waals surface area contributed by atoms with Gasteiger partial charge >= 0.3 is 13.8 Å². The SMILES string of the molecule is CCCC/C=C\CCCCCCCC(=O)NCCOP(=O)(O)OCC(O)COC(=O)CCCCCCC/C=C\CCCCCCCCC. The highest BCUT2D eigenvalue weighted by atomic mass is 31.2. The second kappa shape index (κ2) is 35.3. The van der Waals surface area contributed by atoms with Gasteiger partial charge in [-0.15, -0.1) is 0 Å². The van der Waals surface area contributed by atoms with E-state index >= 15 is 0 Å². The van der Waals surface area contributed by atoms with Crippen LogP contribution in [0.5, 0.6) is 0 Å². The number of amides is 1. The highest BCUT2D eigenvalue weighted by Gasteiger charge is 2.23. The van der Waals surface area contributed by atoms with Gasteiger partial charge in [-0.2, -0.15) is 0 Å². The molecule has 48 heavy (non-hydrogen) atoms. The Kier molecular flexibility index (Phi) is 34.2. The predicted octanol–water partition coefficient (Wildman–Crippen LogP) is 10.0. The Morgan fingerprint density at radius 3 is 1.62 bits per heavy atom. The van der Waals surface area contributed by atoms with E-state index in [1.165, 1.54) is 77.0 Å². The number of esters is 1. The van der Waals surface area contributed by atoms with E-state index < -0.39 is 26.5 Å². The number of phosphoric acid groups is 1. The molecule has 0 aromatic rings. The maximum Gasteiger partial charge on any atom is 0.472 e. The second-order valence-electron chi connectivity index (χ2n) is 12.9.